The first-order chi connectivity index (χ1) is 15.1. The molecule has 0 spiro atoms. The Bertz CT molecular complexity index is 566. The van der Waals surface area contributed by atoms with Crippen molar-refractivity contribution in [2.45, 2.75) is 97.9 Å². The van der Waals surface area contributed by atoms with Crippen molar-refractivity contribution in [1.29, 1.82) is 0 Å². The number of hydrogen-bond acceptors (Lipinski definition) is 4. The van der Waals surface area contributed by atoms with E-state index in [2.05, 4.69) is 61.5 Å². The van der Waals surface area contributed by atoms with Gasteiger partial charge in [0.05, 0.1) is 25.9 Å². The third-order valence-corrected chi connectivity index (χ3v) is 14.8. The van der Waals surface area contributed by atoms with E-state index >= 15 is 0 Å². The topological polar surface area (TPSA) is 47.9 Å². The van der Waals surface area contributed by atoms with Gasteiger partial charge >= 0.3 is 0 Å². The molecule has 1 fully saturated rings. The summed E-state index contributed by atoms with van der Waals surface area (Å²) in [6.07, 6.45) is 5.11. The molecule has 0 aromatic heterocycles. The predicted octanol–water partition coefficient (Wildman–Crippen LogP) is 6.45. The molecule has 1 N–H and O–H groups in total. The van der Waals surface area contributed by atoms with E-state index in [0.717, 1.165) is 13.0 Å². The lowest BCUT2D eigenvalue weighted by molar-refractivity contribution is -0.0449. The van der Waals surface area contributed by atoms with Crippen LogP contribution in [0, 0.1) is 29.6 Å². The third kappa shape index (κ3) is 5.89. The largest absolute Gasteiger partial charge is 0.413 e. The maximum absolute atomic E-state index is 10.5. The van der Waals surface area contributed by atoms with E-state index in [-0.39, 0.29) is 24.5 Å². The quantitative estimate of drug-likeness (QED) is 0.203. The molecule has 2 rings (SSSR count). The minimum absolute atomic E-state index is 0.226. The maximum Gasteiger partial charge on any atom is 0.200 e. The molecule has 0 radical (unpaired) electrons. The second-order valence-electron chi connectivity index (χ2n) is 11.3. The zero-order valence-electron chi connectivity index (χ0n) is 22.4. The number of fused-ring (bicyclic) bond motifs is 1. The number of ether oxygens (including phenoxy) is 2. The number of hydrogen-bond donors (Lipinski definition) is 1. The summed E-state index contributed by atoms with van der Waals surface area (Å²) < 4.78 is 18.8. The van der Waals surface area contributed by atoms with Gasteiger partial charge < -0.3 is 19.0 Å². The van der Waals surface area contributed by atoms with Crippen molar-refractivity contribution in [2.75, 3.05) is 33.0 Å². The summed E-state index contributed by atoms with van der Waals surface area (Å²) in [5, 5.41) is 10.5. The van der Waals surface area contributed by atoms with E-state index in [9.17, 15) is 5.11 Å². The van der Waals surface area contributed by atoms with Gasteiger partial charge in [0.2, 0.25) is 8.32 Å². The molecule has 0 saturated heterocycles. The number of aliphatic hydroxyl groups excluding tert-OH is 1. The molecular formula is C27H52O4Si. The lowest BCUT2D eigenvalue weighted by Crippen LogP contribution is -2.55. The summed E-state index contributed by atoms with van der Waals surface area (Å²) in [6, 6.07) is 0. The van der Waals surface area contributed by atoms with Gasteiger partial charge in [0.15, 0.2) is 0 Å². The van der Waals surface area contributed by atoms with Gasteiger partial charge in [0, 0.05) is 25.0 Å². The van der Waals surface area contributed by atoms with Crippen molar-refractivity contribution in [1.82, 2.24) is 0 Å². The normalized spacial score (nSPS) is 31.3. The van der Waals surface area contributed by atoms with Crippen LogP contribution in [0.25, 0.3) is 0 Å². The second-order valence-corrected chi connectivity index (χ2v) is 16.7. The highest BCUT2D eigenvalue weighted by Crippen LogP contribution is 2.52. The molecule has 0 aromatic carbocycles. The monoisotopic (exact) mass is 468 g/mol. The van der Waals surface area contributed by atoms with Gasteiger partial charge in [-0.3, -0.25) is 0 Å². The first-order valence-corrected chi connectivity index (χ1v) is 15.4. The molecule has 2 aliphatic carbocycles. The van der Waals surface area contributed by atoms with Crippen LogP contribution in [0.15, 0.2) is 11.6 Å². The molecule has 0 heterocycles. The molecular weight excluding hydrogens is 416 g/mol. The van der Waals surface area contributed by atoms with Gasteiger partial charge in [-0.25, -0.2) is 0 Å². The van der Waals surface area contributed by atoms with Gasteiger partial charge in [-0.1, -0.05) is 60.1 Å². The maximum atomic E-state index is 10.5. The molecule has 0 amide bonds. The molecule has 0 aromatic rings. The van der Waals surface area contributed by atoms with E-state index in [1.807, 2.05) is 6.92 Å². The van der Waals surface area contributed by atoms with Crippen LogP contribution >= 0.6 is 0 Å². The van der Waals surface area contributed by atoms with Crippen LogP contribution in [-0.2, 0) is 13.9 Å². The van der Waals surface area contributed by atoms with Gasteiger partial charge in [-0.05, 0) is 61.1 Å². The molecule has 5 heteroatoms. The van der Waals surface area contributed by atoms with Gasteiger partial charge in [0.25, 0.3) is 0 Å². The zero-order valence-corrected chi connectivity index (χ0v) is 23.4. The number of rotatable bonds is 12. The molecule has 32 heavy (non-hydrogen) atoms. The summed E-state index contributed by atoms with van der Waals surface area (Å²) in [6.45, 7) is 23.8. The Balaban J connectivity index is 2.29. The first kappa shape index (κ1) is 28.0. The molecule has 0 unspecified atom stereocenters. The molecule has 0 bridgehead atoms. The van der Waals surface area contributed by atoms with Crippen molar-refractivity contribution in [3.8, 4) is 0 Å². The van der Waals surface area contributed by atoms with E-state index in [1.165, 1.54) is 12.0 Å². The Morgan fingerprint density at radius 2 is 1.59 bits per heavy atom. The third-order valence-electron chi connectivity index (χ3n) is 8.64. The molecule has 1 saturated carbocycles. The summed E-state index contributed by atoms with van der Waals surface area (Å²) >= 11 is 0. The average Bonchev–Trinajstić information content (AvgIpc) is 2.72. The van der Waals surface area contributed by atoms with E-state index in [1.54, 1.807) is 0 Å². The summed E-state index contributed by atoms with van der Waals surface area (Å²) in [7, 11) is -1.95. The molecule has 188 valence electrons. The highest BCUT2D eigenvalue weighted by Gasteiger charge is 2.52. The predicted molar refractivity (Wildman–Crippen MR) is 136 cm³/mol. The van der Waals surface area contributed by atoms with Crippen molar-refractivity contribution in [3.63, 3.8) is 0 Å². The molecule has 6 atom stereocenters. The molecule has 2 aliphatic rings. The molecule has 4 nitrogen and oxygen atoms in total. The van der Waals surface area contributed by atoms with Crippen molar-refractivity contribution in [2.24, 2.45) is 29.6 Å². The van der Waals surface area contributed by atoms with Gasteiger partial charge in [-0.2, -0.15) is 0 Å². The van der Waals surface area contributed by atoms with Crippen molar-refractivity contribution in [3.05, 3.63) is 11.6 Å². The summed E-state index contributed by atoms with van der Waals surface area (Å²) in [5.74, 6) is 1.98. The fraction of sp³-hybridized carbons (Fsp3) is 0.926. The Labute approximate surface area is 199 Å². The smallest absolute Gasteiger partial charge is 0.200 e. The Kier molecular flexibility index (Phi) is 10.9. The van der Waals surface area contributed by atoms with Crippen molar-refractivity contribution < 1.29 is 19.0 Å². The lowest BCUT2D eigenvalue weighted by atomic mass is 9.58. The summed E-state index contributed by atoms with van der Waals surface area (Å²) in [5.41, 5.74) is 3.15. The molecule has 0 aliphatic heterocycles. The highest BCUT2D eigenvalue weighted by atomic mass is 28.4. The van der Waals surface area contributed by atoms with Crippen LogP contribution < -0.4 is 0 Å². The fourth-order valence-corrected chi connectivity index (χ4v) is 12.8. The SMILES string of the molecule is CCOCCOC[C@@H]1C(C)=C[C@@H]2[C@H]([C@@H]1CO)[C@@H](C)CC[C@@H]2O[Si](C(C)C)(C(C)C)C(C)C. The number of aliphatic hydroxyl groups is 1. The van der Waals surface area contributed by atoms with Gasteiger partial charge in [0.1, 0.15) is 0 Å². The van der Waals surface area contributed by atoms with Gasteiger partial charge in [-0.15, -0.1) is 0 Å². The van der Waals surface area contributed by atoms with Crippen LogP contribution in [-0.4, -0.2) is 52.6 Å². The standard InChI is InChI=1S/C27H52O4Si/c1-10-29-13-14-30-17-25-22(9)15-23-26(12-11-21(8)27(23)24(25)16-28)31-32(18(2)3,19(4)5)20(6)7/h15,18-21,23-28H,10-14,16-17H2,1-9H3/t21-,23-,24+,25+,26-,27+/m0/s1. The van der Waals surface area contributed by atoms with Crippen molar-refractivity contribution >= 4 is 8.32 Å². The van der Waals surface area contributed by atoms with Crippen LogP contribution in [0.1, 0.15) is 75.2 Å². The first-order valence-electron chi connectivity index (χ1n) is 13.2. The van der Waals surface area contributed by atoms with Crippen LogP contribution in [0.5, 0.6) is 0 Å². The van der Waals surface area contributed by atoms with Crippen LogP contribution in [0.2, 0.25) is 16.6 Å². The van der Waals surface area contributed by atoms with E-state index < -0.39 is 8.32 Å². The second kappa shape index (κ2) is 12.5. The highest BCUT2D eigenvalue weighted by molar-refractivity contribution is 6.77. The van der Waals surface area contributed by atoms with E-state index in [4.69, 9.17) is 13.9 Å². The van der Waals surface area contributed by atoms with Crippen LogP contribution in [0.4, 0.5) is 0 Å². The minimum atomic E-state index is -1.95. The van der Waals surface area contributed by atoms with Crippen LogP contribution in [0.3, 0.4) is 0 Å². The zero-order chi connectivity index (χ0) is 24.1. The van der Waals surface area contributed by atoms with E-state index in [0.29, 0.717) is 54.2 Å². The average molecular weight is 469 g/mol. The fourth-order valence-electron chi connectivity index (χ4n) is 7.18. The minimum Gasteiger partial charge on any atom is -0.413 e. The Morgan fingerprint density at radius 1 is 1.00 bits per heavy atom. The Morgan fingerprint density at radius 3 is 2.12 bits per heavy atom. The summed E-state index contributed by atoms with van der Waals surface area (Å²) in [4.78, 5) is 0. The Hall–Kier alpha value is -0.203. The lowest BCUT2D eigenvalue weighted by Gasteiger charge is -2.53.